The van der Waals surface area contributed by atoms with Crippen molar-refractivity contribution in [1.29, 1.82) is 0 Å². The number of nitrogens with one attached hydrogen (secondary N) is 6. The fraction of sp³-hybridized carbons (Fsp3) is 0.486. The predicted octanol–water partition coefficient (Wildman–Crippen LogP) is 1.39. The molecule has 594 valence electrons. The normalized spacial score (nSPS) is 15.4. The van der Waals surface area contributed by atoms with Crippen LogP contribution in [-0.2, 0) is 51.4 Å². The Morgan fingerprint density at radius 1 is 0.482 bits per heavy atom. The smallest absolute Gasteiger partial charge is 0.320 e. The van der Waals surface area contributed by atoms with Gasteiger partial charge in [-0.15, -0.1) is 20.4 Å². The first-order chi connectivity index (χ1) is 52.4. The quantitative estimate of drug-likeness (QED) is 0.0254. The molecule has 4 aromatic carbocycles. The minimum Gasteiger partial charge on any atom is -0.508 e. The Morgan fingerprint density at radius 2 is 0.918 bits per heavy atom. The van der Waals surface area contributed by atoms with Gasteiger partial charge in [-0.05, 0) is 97.7 Å². The van der Waals surface area contributed by atoms with Crippen LogP contribution >= 0.6 is 0 Å². The number of phenolic OH excluding ortho intramolecular Hbond substituents is 4. The first kappa shape index (κ1) is 84.4. The molecule has 36 heteroatoms. The van der Waals surface area contributed by atoms with Crippen molar-refractivity contribution in [3.05, 3.63) is 107 Å². The lowest BCUT2D eigenvalue weighted by molar-refractivity contribution is -0.145. The summed E-state index contributed by atoms with van der Waals surface area (Å²) >= 11 is 0. The molecule has 0 unspecified atom stereocenters. The van der Waals surface area contributed by atoms with E-state index in [4.69, 9.17) is 0 Å². The Balaban J connectivity index is 0.932. The molecule has 0 bridgehead atoms. The fourth-order valence-corrected chi connectivity index (χ4v) is 13.0. The molecule has 8 rings (SSSR count). The highest BCUT2D eigenvalue weighted by molar-refractivity contribution is 5.96. The second kappa shape index (κ2) is 39.8. The Labute approximate surface area is 635 Å². The number of aliphatic carboxylic acids is 4. The number of carbonyl (C=O) groups is 10. The van der Waals surface area contributed by atoms with Crippen LogP contribution in [0.3, 0.4) is 0 Å². The first-order valence-electron chi connectivity index (χ1n) is 36.6. The van der Waals surface area contributed by atoms with Gasteiger partial charge in [-0.3, -0.25) is 81.6 Å². The van der Waals surface area contributed by atoms with E-state index in [1.807, 2.05) is 39.8 Å². The highest BCUT2D eigenvalue weighted by Gasteiger charge is 2.34. The maximum absolute atomic E-state index is 14.4. The maximum Gasteiger partial charge on any atom is 0.320 e. The number of benzene rings is 4. The van der Waals surface area contributed by atoms with Crippen molar-refractivity contribution in [3.63, 3.8) is 0 Å². The zero-order chi connectivity index (χ0) is 80.0. The SMILES string of the molecule is CCNC(=O)c1nnc(-c2cc(C(C)C)c(O)cc2O)n1-c1ccc(CNCCNC(=O)[C@H](C)NC(=O)[C@@H](CC(=O)N2CCN(Cc3ccc(-n4c(C(=O)NCC)nnc4-c4cc(C(C)C)c(O)cc4O)cc3)CC2)NC(=O)CC[C@H](C(=O)O)N2CCN(CC(=O)O)CCN(CC(=O)O)CCN(CC(=O)O)CC2)cc1. The van der Waals surface area contributed by atoms with Gasteiger partial charge in [-0.25, -0.2) is 0 Å². The van der Waals surface area contributed by atoms with Gasteiger partial charge in [0.1, 0.15) is 41.1 Å². The average molecular weight is 1530 g/mol. The van der Waals surface area contributed by atoms with Crippen molar-refractivity contribution in [1.82, 2.24) is 90.8 Å². The van der Waals surface area contributed by atoms with Crippen LogP contribution in [0, 0.1) is 0 Å². The third-order valence-corrected chi connectivity index (χ3v) is 19.0. The molecule has 14 N–H and O–H groups in total. The van der Waals surface area contributed by atoms with Gasteiger partial charge >= 0.3 is 23.9 Å². The number of nitrogens with zero attached hydrogens (tertiary/aromatic N) is 12. The highest BCUT2D eigenvalue weighted by atomic mass is 16.4. The molecular formula is C74H100N18O18. The molecule has 2 aliphatic rings. The summed E-state index contributed by atoms with van der Waals surface area (Å²) in [7, 11) is 0. The average Bonchev–Trinajstić information content (AvgIpc) is 1.62. The van der Waals surface area contributed by atoms with E-state index in [0.29, 0.717) is 61.8 Å². The summed E-state index contributed by atoms with van der Waals surface area (Å²) in [5, 5.41) is 117. The number of aromatic nitrogens is 6. The van der Waals surface area contributed by atoms with Crippen molar-refractivity contribution < 1.29 is 88.8 Å². The lowest BCUT2D eigenvalue weighted by atomic mass is 9.98. The zero-order valence-corrected chi connectivity index (χ0v) is 62.8. The Bertz CT molecular complexity index is 4200. The molecule has 0 radical (unpaired) electrons. The van der Waals surface area contributed by atoms with E-state index in [9.17, 15) is 88.8 Å². The number of carbonyl (C=O) groups excluding carboxylic acids is 6. The Kier molecular flexibility index (Phi) is 30.5. The van der Waals surface area contributed by atoms with E-state index < -0.39 is 110 Å². The first-order valence-corrected chi connectivity index (χ1v) is 36.6. The zero-order valence-electron chi connectivity index (χ0n) is 62.8. The van der Waals surface area contributed by atoms with Crippen molar-refractivity contribution in [2.24, 2.45) is 0 Å². The van der Waals surface area contributed by atoms with Crippen LogP contribution in [0.1, 0.15) is 123 Å². The Morgan fingerprint density at radius 3 is 1.35 bits per heavy atom. The monoisotopic (exact) mass is 1530 g/mol. The number of rotatable bonds is 34. The number of phenols is 4. The predicted molar refractivity (Wildman–Crippen MR) is 400 cm³/mol. The van der Waals surface area contributed by atoms with E-state index >= 15 is 0 Å². The second-order valence-corrected chi connectivity index (χ2v) is 27.7. The molecule has 2 aromatic heterocycles. The van der Waals surface area contributed by atoms with Gasteiger partial charge in [-0.1, -0.05) is 52.0 Å². The molecule has 0 aliphatic carbocycles. The van der Waals surface area contributed by atoms with Gasteiger partial charge in [0.2, 0.25) is 35.3 Å². The summed E-state index contributed by atoms with van der Waals surface area (Å²) in [4.78, 5) is 142. The number of hydrogen-bond acceptors (Lipinski definition) is 24. The molecule has 110 heavy (non-hydrogen) atoms. The van der Waals surface area contributed by atoms with Gasteiger partial charge in [-0.2, -0.15) is 0 Å². The molecule has 2 saturated heterocycles. The minimum absolute atomic E-state index is 0.00883. The topological polar surface area (TPSA) is 486 Å². The van der Waals surface area contributed by atoms with E-state index in [2.05, 4.69) is 57.2 Å². The molecule has 0 saturated carbocycles. The van der Waals surface area contributed by atoms with Crippen molar-refractivity contribution in [2.45, 2.75) is 111 Å². The highest BCUT2D eigenvalue weighted by Crippen LogP contribution is 2.40. The van der Waals surface area contributed by atoms with Crippen molar-refractivity contribution in [3.8, 4) is 57.1 Å². The number of carboxylic acid groups (broad SMARTS) is 4. The van der Waals surface area contributed by atoms with Gasteiger partial charge in [0, 0.05) is 148 Å². The Hall–Kier alpha value is -11.2. The third-order valence-electron chi connectivity index (χ3n) is 19.0. The molecule has 6 amide bonds. The van der Waals surface area contributed by atoms with Crippen LogP contribution in [0.4, 0.5) is 0 Å². The summed E-state index contributed by atoms with van der Waals surface area (Å²) in [5.74, 6) is -9.48. The third kappa shape index (κ3) is 23.2. The van der Waals surface area contributed by atoms with Crippen molar-refractivity contribution in [2.75, 3.05) is 124 Å². The van der Waals surface area contributed by atoms with Gasteiger partial charge < -0.3 is 77.7 Å². The number of carboxylic acids is 4. The molecule has 36 nitrogen and oxygen atoms in total. The van der Waals surface area contributed by atoms with Gasteiger partial charge in [0.25, 0.3) is 11.8 Å². The molecule has 0 spiro atoms. The molecule has 4 heterocycles. The molecule has 2 aliphatic heterocycles. The molecule has 3 atom stereocenters. The lowest BCUT2D eigenvalue weighted by Gasteiger charge is -2.35. The van der Waals surface area contributed by atoms with Crippen LogP contribution in [0.15, 0.2) is 72.8 Å². The summed E-state index contributed by atoms with van der Waals surface area (Å²) in [6, 6.07) is 15.8. The number of piperazine rings is 1. The number of amides is 6. The summed E-state index contributed by atoms with van der Waals surface area (Å²) in [6.45, 7) is 14.2. The molecule has 2 fully saturated rings. The van der Waals surface area contributed by atoms with Crippen LogP contribution in [0.5, 0.6) is 23.0 Å². The van der Waals surface area contributed by atoms with Crippen LogP contribution in [-0.4, -0.2) is 302 Å². The van der Waals surface area contributed by atoms with E-state index in [1.54, 1.807) is 67.3 Å². The lowest BCUT2D eigenvalue weighted by Crippen LogP contribution is -2.55. The molecule has 6 aromatic rings. The van der Waals surface area contributed by atoms with Crippen LogP contribution < -0.4 is 31.9 Å². The summed E-state index contributed by atoms with van der Waals surface area (Å²) in [6.07, 6.45) is -1.45. The van der Waals surface area contributed by atoms with E-state index in [0.717, 1.165) is 11.1 Å². The fourth-order valence-electron chi connectivity index (χ4n) is 13.0. The largest absolute Gasteiger partial charge is 0.508 e. The van der Waals surface area contributed by atoms with Crippen molar-refractivity contribution >= 4 is 59.3 Å². The number of aromatic hydroxyl groups is 4. The summed E-state index contributed by atoms with van der Waals surface area (Å²) < 4.78 is 3.03. The van der Waals surface area contributed by atoms with Crippen LogP contribution in [0.2, 0.25) is 0 Å². The standard InChI is InChI=1S/C74H100N18O18/c1-8-76-72(107)68-83-81-66(53-34-51(44(3)4)57(93)37-59(53)95)91(68)49-14-10-47(11-15-49)39-75-20-21-78-70(105)46(7)79-71(106)55(80-61(97)19-18-56(74(109)110)89-30-26-87(42-64(101)102)24-22-86(41-63(99)100)23-25-88(27-31-89)43-65(103)104)36-62(98)90-32-28-85(29-33-90)40-48-12-16-50(17-13-48)92-67(82-84-69(92)73(108)77-9-2)54-35-52(45(5)6)58(94)38-60(54)96/h10-17,34-35,37-38,44-46,55-56,75,93-96H,8-9,18-33,36,39-43H2,1-7H3,(H,76,107)(H,77,108)(H,78,105)(H,79,106)(H,80,97)(H,99,100)(H,101,102)(H,103,104)(H,109,110)/t46-,55+,56+/m0/s1. The van der Waals surface area contributed by atoms with Gasteiger partial charge in [0.05, 0.1) is 37.2 Å². The number of hydrogen-bond donors (Lipinski definition) is 14. The van der Waals surface area contributed by atoms with Gasteiger partial charge in [0.15, 0.2) is 11.6 Å². The maximum atomic E-state index is 14.4. The van der Waals surface area contributed by atoms with E-state index in [1.165, 1.54) is 47.8 Å². The summed E-state index contributed by atoms with van der Waals surface area (Å²) in [5.41, 5.74) is 4.25. The second-order valence-electron chi connectivity index (χ2n) is 27.7. The molecular weight excluding hydrogens is 1430 g/mol. The minimum atomic E-state index is -1.58. The van der Waals surface area contributed by atoms with E-state index in [-0.39, 0.29) is 154 Å². The van der Waals surface area contributed by atoms with Crippen LogP contribution in [0.25, 0.3) is 34.2 Å².